The molecule has 4 atom stereocenters. The lowest BCUT2D eigenvalue weighted by molar-refractivity contribution is 0.00265. The van der Waals surface area contributed by atoms with Gasteiger partial charge in [0.25, 0.3) is 0 Å². The van der Waals surface area contributed by atoms with Gasteiger partial charge in [-0.05, 0) is 18.6 Å². The van der Waals surface area contributed by atoms with Crippen molar-refractivity contribution in [3.8, 4) is 0 Å². The summed E-state index contributed by atoms with van der Waals surface area (Å²) in [5.41, 5.74) is 7.07. The van der Waals surface area contributed by atoms with Crippen molar-refractivity contribution >= 4 is 11.3 Å². The molecule has 0 unspecified atom stereocenters. The number of hydrogen-bond donors (Lipinski definition) is 3. The van der Waals surface area contributed by atoms with Gasteiger partial charge in [0.1, 0.15) is 30.2 Å². The molecule has 102 valence electrons. The SMILES string of the molecule is CC[C@H]1O[C@@H](c2ccc3c(N)ncnn23)[C@H](O)[C@@H]1O. The monoisotopic (exact) mass is 264 g/mol. The summed E-state index contributed by atoms with van der Waals surface area (Å²) in [5.74, 6) is 0.362. The first kappa shape index (κ1) is 12.3. The number of rotatable bonds is 2. The molecule has 2 aromatic rings. The van der Waals surface area contributed by atoms with Crippen molar-refractivity contribution in [1.29, 1.82) is 0 Å². The molecule has 1 fully saturated rings. The summed E-state index contributed by atoms with van der Waals surface area (Å²) in [4.78, 5) is 3.91. The molecule has 1 saturated heterocycles. The fraction of sp³-hybridized carbons (Fsp3) is 0.500. The van der Waals surface area contributed by atoms with Gasteiger partial charge in [-0.1, -0.05) is 6.92 Å². The van der Waals surface area contributed by atoms with Gasteiger partial charge in [0.05, 0.1) is 11.8 Å². The fourth-order valence-electron chi connectivity index (χ4n) is 2.52. The van der Waals surface area contributed by atoms with Crippen LogP contribution in [-0.2, 0) is 4.74 Å². The van der Waals surface area contributed by atoms with E-state index in [-0.39, 0.29) is 6.10 Å². The Morgan fingerprint density at radius 2 is 2.16 bits per heavy atom. The Hall–Kier alpha value is -1.70. The van der Waals surface area contributed by atoms with Crippen molar-refractivity contribution in [1.82, 2.24) is 14.6 Å². The van der Waals surface area contributed by atoms with E-state index in [0.717, 1.165) is 0 Å². The van der Waals surface area contributed by atoms with E-state index in [0.29, 0.717) is 23.4 Å². The topological polar surface area (TPSA) is 106 Å². The Labute approximate surface area is 109 Å². The van der Waals surface area contributed by atoms with Gasteiger partial charge in [-0.2, -0.15) is 5.10 Å². The first-order chi connectivity index (χ1) is 9.13. The predicted octanol–water partition coefficient (Wildman–Crippen LogP) is -0.117. The molecule has 19 heavy (non-hydrogen) atoms. The second kappa shape index (κ2) is 4.44. The molecule has 1 aliphatic rings. The zero-order chi connectivity index (χ0) is 13.6. The van der Waals surface area contributed by atoms with Crippen LogP contribution in [0.2, 0.25) is 0 Å². The quantitative estimate of drug-likeness (QED) is 0.698. The fourth-order valence-corrected chi connectivity index (χ4v) is 2.52. The van der Waals surface area contributed by atoms with Crippen molar-refractivity contribution < 1.29 is 14.9 Å². The molecular formula is C12H16N4O3. The number of nitrogens with two attached hydrogens (primary N) is 1. The summed E-state index contributed by atoms with van der Waals surface area (Å²) >= 11 is 0. The highest BCUT2D eigenvalue weighted by atomic mass is 16.5. The predicted molar refractivity (Wildman–Crippen MR) is 67.3 cm³/mol. The summed E-state index contributed by atoms with van der Waals surface area (Å²) in [7, 11) is 0. The normalized spacial score (nSPS) is 31.1. The summed E-state index contributed by atoms with van der Waals surface area (Å²) in [5, 5.41) is 24.1. The number of hydrogen-bond acceptors (Lipinski definition) is 6. The van der Waals surface area contributed by atoms with Crippen molar-refractivity contribution in [2.24, 2.45) is 0 Å². The van der Waals surface area contributed by atoms with Gasteiger partial charge >= 0.3 is 0 Å². The van der Waals surface area contributed by atoms with E-state index in [4.69, 9.17) is 10.5 Å². The van der Waals surface area contributed by atoms with Gasteiger partial charge in [0.2, 0.25) is 0 Å². The van der Waals surface area contributed by atoms with Crippen LogP contribution in [0.4, 0.5) is 5.82 Å². The Morgan fingerprint density at radius 3 is 2.84 bits per heavy atom. The zero-order valence-electron chi connectivity index (χ0n) is 10.5. The molecular weight excluding hydrogens is 248 g/mol. The molecule has 3 heterocycles. The van der Waals surface area contributed by atoms with Crippen LogP contribution in [0.25, 0.3) is 5.52 Å². The molecule has 0 bridgehead atoms. The van der Waals surface area contributed by atoms with Gasteiger partial charge < -0.3 is 20.7 Å². The number of aliphatic hydroxyl groups is 2. The molecule has 1 aliphatic heterocycles. The summed E-state index contributed by atoms with van der Waals surface area (Å²) in [6, 6.07) is 3.55. The second-order valence-electron chi connectivity index (χ2n) is 4.69. The van der Waals surface area contributed by atoms with E-state index < -0.39 is 18.3 Å². The van der Waals surface area contributed by atoms with Crippen LogP contribution in [0.5, 0.6) is 0 Å². The lowest BCUT2D eigenvalue weighted by atomic mass is 10.0. The van der Waals surface area contributed by atoms with Gasteiger partial charge in [0, 0.05) is 0 Å². The minimum atomic E-state index is -0.973. The van der Waals surface area contributed by atoms with Crippen LogP contribution < -0.4 is 5.73 Å². The largest absolute Gasteiger partial charge is 0.388 e. The maximum Gasteiger partial charge on any atom is 0.151 e. The highest BCUT2D eigenvalue weighted by Gasteiger charge is 2.43. The van der Waals surface area contributed by atoms with E-state index in [1.165, 1.54) is 6.33 Å². The van der Waals surface area contributed by atoms with Crippen molar-refractivity contribution in [2.45, 2.75) is 37.8 Å². The molecule has 3 rings (SSSR count). The summed E-state index contributed by atoms with van der Waals surface area (Å²) in [6.07, 6.45) is -0.865. The standard InChI is InChI=1S/C12H16N4O3/c1-2-8-9(17)10(18)11(19-8)6-3-4-7-12(13)14-5-15-16(6)7/h3-5,8-11,17-18H,2H2,1H3,(H2,13,14,15)/t8-,9-,10-,11+/m1/s1. The van der Waals surface area contributed by atoms with Crippen LogP contribution in [0.3, 0.4) is 0 Å². The molecule has 2 aromatic heterocycles. The average molecular weight is 264 g/mol. The van der Waals surface area contributed by atoms with Crippen molar-refractivity contribution in [2.75, 3.05) is 5.73 Å². The molecule has 0 aromatic carbocycles. The molecule has 0 aliphatic carbocycles. The Kier molecular flexibility index (Phi) is 2.89. The third-order valence-corrected chi connectivity index (χ3v) is 3.57. The van der Waals surface area contributed by atoms with E-state index in [9.17, 15) is 10.2 Å². The number of nitrogens with zero attached hydrogens (tertiary/aromatic N) is 3. The van der Waals surface area contributed by atoms with Crippen LogP contribution in [-0.4, -0.2) is 43.1 Å². The molecule has 0 spiro atoms. The number of fused-ring (bicyclic) bond motifs is 1. The summed E-state index contributed by atoms with van der Waals surface area (Å²) < 4.78 is 7.29. The third-order valence-electron chi connectivity index (χ3n) is 3.57. The molecule has 7 heteroatoms. The Balaban J connectivity index is 2.04. The average Bonchev–Trinajstić information content (AvgIpc) is 2.94. The second-order valence-corrected chi connectivity index (χ2v) is 4.69. The lowest BCUT2D eigenvalue weighted by Crippen LogP contribution is -2.30. The Morgan fingerprint density at radius 1 is 1.37 bits per heavy atom. The minimum absolute atomic E-state index is 0.362. The third kappa shape index (κ3) is 1.78. The molecule has 0 radical (unpaired) electrons. The van der Waals surface area contributed by atoms with Gasteiger partial charge in [-0.25, -0.2) is 9.50 Å². The first-order valence-corrected chi connectivity index (χ1v) is 6.23. The number of aromatic nitrogens is 3. The molecule has 4 N–H and O–H groups in total. The van der Waals surface area contributed by atoms with E-state index in [1.54, 1.807) is 16.6 Å². The van der Waals surface area contributed by atoms with Crippen LogP contribution in [0, 0.1) is 0 Å². The molecule has 7 nitrogen and oxygen atoms in total. The number of aliphatic hydroxyl groups excluding tert-OH is 2. The van der Waals surface area contributed by atoms with E-state index in [1.807, 2.05) is 6.92 Å². The molecule has 0 amide bonds. The van der Waals surface area contributed by atoms with E-state index >= 15 is 0 Å². The van der Waals surface area contributed by atoms with Gasteiger partial charge in [0.15, 0.2) is 5.82 Å². The highest BCUT2D eigenvalue weighted by molar-refractivity contribution is 5.65. The number of anilines is 1. The lowest BCUT2D eigenvalue weighted by Gasteiger charge is -2.14. The first-order valence-electron chi connectivity index (χ1n) is 6.23. The maximum atomic E-state index is 10.1. The van der Waals surface area contributed by atoms with Gasteiger partial charge in [-0.3, -0.25) is 0 Å². The zero-order valence-corrected chi connectivity index (χ0v) is 10.5. The minimum Gasteiger partial charge on any atom is -0.388 e. The van der Waals surface area contributed by atoms with Crippen molar-refractivity contribution in [3.63, 3.8) is 0 Å². The van der Waals surface area contributed by atoms with Crippen LogP contribution >= 0.6 is 0 Å². The highest BCUT2D eigenvalue weighted by Crippen LogP contribution is 2.35. The Bertz CT molecular complexity index is 600. The summed E-state index contributed by atoms with van der Waals surface area (Å²) in [6.45, 7) is 1.90. The van der Waals surface area contributed by atoms with Gasteiger partial charge in [-0.15, -0.1) is 0 Å². The smallest absolute Gasteiger partial charge is 0.151 e. The van der Waals surface area contributed by atoms with E-state index in [2.05, 4.69) is 10.1 Å². The number of nitrogen functional groups attached to an aromatic ring is 1. The number of ether oxygens (including phenoxy) is 1. The van der Waals surface area contributed by atoms with Crippen LogP contribution in [0.1, 0.15) is 25.1 Å². The van der Waals surface area contributed by atoms with Crippen LogP contribution in [0.15, 0.2) is 18.5 Å². The maximum absolute atomic E-state index is 10.1. The molecule has 0 saturated carbocycles. The van der Waals surface area contributed by atoms with Crippen molar-refractivity contribution in [3.05, 3.63) is 24.2 Å².